The second-order valence-electron chi connectivity index (χ2n) is 6.18. The Hall–Kier alpha value is -2.60. The summed E-state index contributed by atoms with van der Waals surface area (Å²) in [5.41, 5.74) is 1.29. The Kier molecular flexibility index (Phi) is 7.77. The van der Waals surface area contributed by atoms with Crippen molar-refractivity contribution in [3.8, 4) is 17.4 Å². The molecule has 170 valence electrons. The van der Waals surface area contributed by atoms with E-state index in [4.69, 9.17) is 37.5 Å². The molecule has 0 spiro atoms. The van der Waals surface area contributed by atoms with Gasteiger partial charge >= 0.3 is 6.18 Å². The van der Waals surface area contributed by atoms with Gasteiger partial charge in [0.2, 0.25) is 5.88 Å². The second kappa shape index (κ2) is 10.3. The summed E-state index contributed by atoms with van der Waals surface area (Å²) < 4.78 is 49.3. The predicted octanol–water partition coefficient (Wildman–Crippen LogP) is 5.67. The van der Waals surface area contributed by atoms with Crippen LogP contribution in [-0.2, 0) is 22.4 Å². The quantitative estimate of drug-likeness (QED) is 0.395. The van der Waals surface area contributed by atoms with E-state index in [0.29, 0.717) is 16.4 Å². The van der Waals surface area contributed by atoms with Crippen LogP contribution in [0, 0.1) is 0 Å². The number of aromatic nitrogens is 2. The van der Waals surface area contributed by atoms with Crippen molar-refractivity contribution in [2.45, 2.75) is 25.8 Å². The molecular weight excluding hydrogens is 494 g/mol. The Labute approximate surface area is 194 Å². The number of nitrogens with zero attached hydrogens (tertiary/aromatic N) is 2. The number of rotatable bonds is 8. The molecule has 0 aliphatic heterocycles. The van der Waals surface area contributed by atoms with Gasteiger partial charge in [0.1, 0.15) is 23.1 Å². The fourth-order valence-electron chi connectivity index (χ4n) is 2.22. The monoisotopic (exact) mass is 507 g/mol. The van der Waals surface area contributed by atoms with Crippen LogP contribution in [0.25, 0.3) is 0 Å². The predicted molar refractivity (Wildman–Crippen MR) is 111 cm³/mol. The highest BCUT2D eigenvalue weighted by molar-refractivity contribution is 7.15. The number of thiazole rings is 1. The van der Waals surface area contributed by atoms with E-state index in [1.165, 1.54) is 48.7 Å². The Morgan fingerprint density at radius 1 is 1.16 bits per heavy atom. The molecule has 2 heterocycles. The summed E-state index contributed by atoms with van der Waals surface area (Å²) in [7, 11) is 0. The molecule has 0 aliphatic carbocycles. The lowest BCUT2D eigenvalue weighted by Gasteiger charge is -2.15. The molecule has 3 rings (SSSR count). The van der Waals surface area contributed by atoms with Gasteiger partial charge in [-0.05, 0) is 37.3 Å². The van der Waals surface area contributed by atoms with E-state index < -0.39 is 23.8 Å². The molecule has 2 aromatic heterocycles. The van der Waals surface area contributed by atoms with Crippen molar-refractivity contribution >= 4 is 40.4 Å². The Morgan fingerprint density at radius 2 is 1.84 bits per heavy atom. The Morgan fingerprint density at radius 3 is 2.44 bits per heavy atom. The number of alkyl halides is 3. The summed E-state index contributed by atoms with van der Waals surface area (Å²) in [6, 6.07) is 6.72. The molecule has 1 N–H and O–H groups in total. The van der Waals surface area contributed by atoms with E-state index in [2.05, 4.69) is 15.4 Å². The number of hydrogen-bond donors (Lipinski definition) is 1. The van der Waals surface area contributed by atoms with Gasteiger partial charge in [0.25, 0.3) is 5.91 Å². The maximum Gasteiger partial charge on any atom is 0.417 e. The van der Waals surface area contributed by atoms with Gasteiger partial charge in [-0.3, -0.25) is 9.63 Å². The highest BCUT2D eigenvalue weighted by Gasteiger charge is 2.31. The number of carbonyl (C=O) groups is 1. The van der Waals surface area contributed by atoms with Gasteiger partial charge in [-0.1, -0.05) is 23.2 Å². The summed E-state index contributed by atoms with van der Waals surface area (Å²) in [6.07, 6.45) is -3.27. The van der Waals surface area contributed by atoms with Crippen molar-refractivity contribution < 1.29 is 32.3 Å². The molecule has 0 bridgehead atoms. The van der Waals surface area contributed by atoms with Crippen molar-refractivity contribution in [1.82, 2.24) is 15.4 Å². The molecule has 7 nitrogen and oxygen atoms in total. The minimum Gasteiger partial charge on any atom is -0.481 e. The Bertz CT molecular complexity index is 1080. The molecule has 1 amide bonds. The standard InChI is InChI=1S/C19H14Cl2F3N3O4S/c1-10(16(28)27-29-9-14-8-26-18(21)32-14)30-12-2-4-13(5-3-12)31-17-15(20)6-11(7-25-17)19(22,23)24/h2-8,10H,9H2,1H3,(H,27,28). The molecule has 0 fully saturated rings. The zero-order valence-corrected chi connectivity index (χ0v) is 18.5. The number of nitrogens with one attached hydrogen (secondary N) is 1. The van der Waals surface area contributed by atoms with Gasteiger partial charge in [-0.25, -0.2) is 15.4 Å². The minimum atomic E-state index is -4.56. The highest BCUT2D eigenvalue weighted by atomic mass is 35.5. The molecule has 0 aliphatic rings. The molecule has 1 aromatic carbocycles. The molecule has 0 radical (unpaired) electrons. The van der Waals surface area contributed by atoms with E-state index in [9.17, 15) is 18.0 Å². The van der Waals surface area contributed by atoms with Crippen LogP contribution in [0.5, 0.6) is 17.4 Å². The number of hydroxylamine groups is 1. The molecule has 3 aromatic rings. The van der Waals surface area contributed by atoms with Crippen molar-refractivity contribution in [3.63, 3.8) is 0 Å². The maximum atomic E-state index is 12.7. The van der Waals surface area contributed by atoms with E-state index in [0.717, 1.165) is 10.9 Å². The lowest BCUT2D eigenvalue weighted by Crippen LogP contribution is -2.36. The van der Waals surface area contributed by atoms with Crippen molar-refractivity contribution in [2.75, 3.05) is 0 Å². The summed E-state index contributed by atoms with van der Waals surface area (Å²) in [4.78, 5) is 25.4. The van der Waals surface area contributed by atoms with Crippen LogP contribution >= 0.6 is 34.5 Å². The number of ether oxygens (including phenoxy) is 2. The number of pyridine rings is 1. The van der Waals surface area contributed by atoms with Gasteiger partial charge < -0.3 is 9.47 Å². The third-order valence-corrected chi connectivity index (χ3v) is 5.13. The first-order chi connectivity index (χ1) is 15.1. The van der Waals surface area contributed by atoms with Crippen LogP contribution in [-0.4, -0.2) is 22.0 Å². The van der Waals surface area contributed by atoms with E-state index >= 15 is 0 Å². The topological polar surface area (TPSA) is 82.6 Å². The normalized spacial score (nSPS) is 12.3. The van der Waals surface area contributed by atoms with Crippen LogP contribution in [0.15, 0.2) is 42.7 Å². The summed E-state index contributed by atoms with van der Waals surface area (Å²) in [5.74, 6) is -0.0852. The van der Waals surface area contributed by atoms with E-state index in [1.807, 2.05) is 0 Å². The molecule has 13 heteroatoms. The largest absolute Gasteiger partial charge is 0.481 e. The van der Waals surface area contributed by atoms with Gasteiger partial charge in [-0.15, -0.1) is 11.3 Å². The van der Waals surface area contributed by atoms with Crippen LogP contribution < -0.4 is 15.0 Å². The van der Waals surface area contributed by atoms with Crippen LogP contribution in [0.2, 0.25) is 9.49 Å². The Balaban J connectivity index is 1.51. The highest BCUT2D eigenvalue weighted by Crippen LogP contribution is 2.34. The third kappa shape index (κ3) is 6.70. The van der Waals surface area contributed by atoms with Gasteiger partial charge in [-0.2, -0.15) is 13.2 Å². The van der Waals surface area contributed by atoms with Gasteiger partial charge in [0.15, 0.2) is 10.6 Å². The molecule has 32 heavy (non-hydrogen) atoms. The van der Waals surface area contributed by atoms with Crippen LogP contribution in [0.1, 0.15) is 17.4 Å². The number of carbonyl (C=O) groups excluding carboxylic acids is 1. The zero-order chi connectivity index (χ0) is 23.3. The SMILES string of the molecule is CC(Oc1ccc(Oc2ncc(C(F)(F)F)cc2Cl)cc1)C(=O)NOCc1cnc(Cl)s1. The third-order valence-electron chi connectivity index (χ3n) is 3.77. The smallest absolute Gasteiger partial charge is 0.417 e. The number of hydrogen-bond acceptors (Lipinski definition) is 7. The average molecular weight is 508 g/mol. The fraction of sp³-hybridized carbons (Fsp3) is 0.211. The van der Waals surface area contributed by atoms with E-state index in [1.54, 1.807) is 0 Å². The molecular formula is C19H14Cl2F3N3O4S. The number of amides is 1. The average Bonchev–Trinajstić information content (AvgIpc) is 3.15. The second-order valence-corrected chi connectivity index (χ2v) is 8.28. The lowest BCUT2D eigenvalue weighted by atomic mass is 10.3. The van der Waals surface area contributed by atoms with Crippen LogP contribution in [0.4, 0.5) is 13.2 Å². The summed E-state index contributed by atoms with van der Waals surface area (Å²) in [6.45, 7) is 1.63. The molecule has 1 atom stereocenters. The minimum absolute atomic E-state index is 0.107. The van der Waals surface area contributed by atoms with Crippen LogP contribution in [0.3, 0.4) is 0 Å². The van der Waals surface area contributed by atoms with Gasteiger partial charge in [0, 0.05) is 12.4 Å². The molecule has 1 unspecified atom stereocenters. The van der Waals surface area contributed by atoms with Crippen molar-refractivity contribution in [3.05, 3.63) is 62.7 Å². The first kappa shape index (κ1) is 24.1. The van der Waals surface area contributed by atoms with Gasteiger partial charge in [0.05, 0.1) is 10.4 Å². The molecule has 0 saturated carbocycles. The maximum absolute atomic E-state index is 12.7. The first-order valence-electron chi connectivity index (χ1n) is 8.81. The summed E-state index contributed by atoms with van der Waals surface area (Å²) >= 11 is 12.8. The van der Waals surface area contributed by atoms with Crippen molar-refractivity contribution in [2.24, 2.45) is 0 Å². The first-order valence-corrected chi connectivity index (χ1v) is 10.4. The fourth-order valence-corrected chi connectivity index (χ4v) is 3.32. The van der Waals surface area contributed by atoms with Crippen molar-refractivity contribution in [1.29, 1.82) is 0 Å². The number of halogens is 5. The van der Waals surface area contributed by atoms with E-state index in [-0.39, 0.29) is 23.3 Å². The lowest BCUT2D eigenvalue weighted by molar-refractivity contribution is -0.141. The molecule has 0 saturated heterocycles. The zero-order valence-electron chi connectivity index (χ0n) is 16.2. The number of benzene rings is 1. The summed E-state index contributed by atoms with van der Waals surface area (Å²) in [5, 5.41) is -0.286.